The molecule has 44 heavy (non-hydrogen) atoms. The Morgan fingerprint density at radius 1 is 0.977 bits per heavy atom. The first kappa shape index (κ1) is 30.8. The molecule has 1 fully saturated rings. The van der Waals surface area contributed by atoms with Gasteiger partial charge in [-0.15, -0.1) is 0 Å². The molecule has 2 aliphatic rings. The van der Waals surface area contributed by atoms with Gasteiger partial charge in [-0.3, -0.25) is 14.5 Å². The number of guanidine groups is 1. The van der Waals surface area contributed by atoms with E-state index in [4.69, 9.17) is 26.1 Å². The molecule has 3 aromatic rings. The van der Waals surface area contributed by atoms with E-state index < -0.39 is 22.5 Å². The van der Waals surface area contributed by atoms with Gasteiger partial charge in [-0.25, -0.2) is 13.8 Å². The highest BCUT2D eigenvalue weighted by Crippen LogP contribution is 2.31. The molecule has 0 radical (unpaired) electrons. The van der Waals surface area contributed by atoms with E-state index in [-0.39, 0.29) is 21.2 Å². The molecule has 0 aliphatic carbocycles. The molecule has 3 aromatic carbocycles. The number of hydroxylamine groups is 3. The number of piperidine rings is 1. The molecule has 5 N–H and O–H groups in total. The van der Waals surface area contributed by atoms with Crippen LogP contribution in [-0.2, 0) is 27.8 Å². The lowest BCUT2D eigenvalue weighted by Crippen LogP contribution is -2.58. The predicted octanol–water partition coefficient (Wildman–Crippen LogP) is 3.55. The number of carboxylic acid groups (broad SMARTS) is 1. The van der Waals surface area contributed by atoms with Crippen molar-refractivity contribution in [2.75, 3.05) is 37.6 Å². The summed E-state index contributed by atoms with van der Waals surface area (Å²) in [7, 11) is -2.69. The second kappa shape index (κ2) is 12.5. The number of nitrogens with zero attached hydrogens (tertiary/aromatic N) is 3. The molecule has 0 atom stereocenters. The maximum atomic E-state index is 13.8. The van der Waals surface area contributed by atoms with E-state index in [9.17, 15) is 18.3 Å². The third kappa shape index (κ3) is 6.33. The highest BCUT2D eigenvalue weighted by Gasteiger charge is 2.40. The summed E-state index contributed by atoms with van der Waals surface area (Å²) in [5, 5.41) is 26.4. The van der Waals surface area contributed by atoms with Crippen LogP contribution in [-0.4, -0.2) is 74.1 Å². The number of methoxy groups -OCH3 is 1. The van der Waals surface area contributed by atoms with Gasteiger partial charge in [0, 0.05) is 25.9 Å². The number of benzene rings is 3. The second-order valence-electron chi connectivity index (χ2n) is 11.0. The van der Waals surface area contributed by atoms with Gasteiger partial charge >= 0.3 is 5.97 Å². The lowest BCUT2D eigenvalue weighted by atomic mass is 9.99. The molecule has 232 valence electrons. The number of likely N-dealkylation sites (tertiary alicyclic amines) is 1. The number of fused-ring (bicyclic) bond motifs is 1. The van der Waals surface area contributed by atoms with E-state index in [1.165, 1.54) is 12.1 Å². The lowest BCUT2D eigenvalue weighted by molar-refractivity contribution is -1.01. The number of aliphatic carboxylic acids is 1. The Morgan fingerprint density at radius 2 is 1.64 bits per heavy atom. The molecular weight excluding hydrogens is 584 g/mol. The first-order valence-corrected chi connectivity index (χ1v) is 15.8. The fraction of sp³-hybridized carbons (Fsp3) is 0.323. The van der Waals surface area contributed by atoms with Crippen molar-refractivity contribution in [3.8, 4) is 11.5 Å². The molecule has 1 saturated heterocycles. The van der Waals surface area contributed by atoms with Crippen LogP contribution < -0.4 is 19.6 Å². The molecule has 13 heteroatoms. The summed E-state index contributed by atoms with van der Waals surface area (Å²) in [4.78, 5) is 19.8. The normalized spacial score (nSPS) is 16.0. The van der Waals surface area contributed by atoms with Gasteiger partial charge in [0.15, 0.2) is 11.7 Å². The number of quaternary nitrogens is 1. The van der Waals surface area contributed by atoms with Crippen molar-refractivity contribution >= 4 is 33.5 Å². The van der Waals surface area contributed by atoms with Gasteiger partial charge in [-0.2, -0.15) is 0 Å². The van der Waals surface area contributed by atoms with Crippen molar-refractivity contribution < 1.29 is 32.5 Å². The van der Waals surface area contributed by atoms with Crippen molar-refractivity contribution in [3.63, 3.8) is 0 Å². The quantitative estimate of drug-likeness (QED) is 0.160. The minimum Gasteiger partial charge on any atom is -0.497 e. The maximum Gasteiger partial charge on any atom is 0.324 e. The van der Waals surface area contributed by atoms with Crippen molar-refractivity contribution in [2.24, 2.45) is 5.73 Å². The standard InChI is InChI=1S/C31H36N6O6S/c1-42-26-9-6-23(7-10-26)30(32)37(17-3-2-4-18-37)43-27-11-13-28(14-12-27)44(40,41)36(21-29(38)39)25-8-5-22-15-16-35(31(33)34)20-24(22)19-25/h5-14,19,32H,2-4,15-18,20-21H2,1H3,(H3-,33,34,38,39)/p+1. The van der Waals surface area contributed by atoms with Gasteiger partial charge in [-0.05, 0) is 84.6 Å². The van der Waals surface area contributed by atoms with Gasteiger partial charge in [0.2, 0.25) is 0 Å². The van der Waals surface area contributed by atoms with E-state index in [1.807, 2.05) is 12.1 Å². The molecule has 0 spiro atoms. The summed E-state index contributed by atoms with van der Waals surface area (Å²) in [6.45, 7) is 1.33. The molecule has 2 aliphatic heterocycles. The van der Waals surface area contributed by atoms with Crippen LogP contribution in [0.15, 0.2) is 71.6 Å². The van der Waals surface area contributed by atoms with Gasteiger partial charge in [0.1, 0.15) is 25.4 Å². The van der Waals surface area contributed by atoms with E-state index in [0.29, 0.717) is 55.5 Å². The molecule has 0 unspecified atom stereocenters. The Labute approximate surface area is 256 Å². The molecule has 0 amide bonds. The minimum atomic E-state index is -4.28. The van der Waals surface area contributed by atoms with Crippen LogP contribution in [0.3, 0.4) is 0 Å². The highest BCUT2D eigenvalue weighted by molar-refractivity contribution is 7.92. The van der Waals surface area contributed by atoms with Gasteiger partial charge in [0.05, 0.1) is 23.3 Å². The zero-order chi connectivity index (χ0) is 31.5. The fourth-order valence-corrected chi connectivity index (χ4v) is 7.12. The Bertz CT molecular complexity index is 1650. The molecule has 0 bridgehead atoms. The van der Waals surface area contributed by atoms with Crippen LogP contribution in [0.1, 0.15) is 36.0 Å². The maximum absolute atomic E-state index is 13.8. The average Bonchev–Trinajstić information content (AvgIpc) is 3.03. The summed E-state index contributed by atoms with van der Waals surface area (Å²) in [6.07, 6.45) is 3.42. The minimum absolute atomic E-state index is 0.0318. The van der Waals surface area contributed by atoms with Crippen LogP contribution in [0.2, 0.25) is 0 Å². The molecule has 5 rings (SSSR count). The second-order valence-corrected chi connectivity index (χ2v) is 12.8. The monoisotopic (exact) mass is 621 g/mol. The van der Waals surface area contributed by atoms with Crippen LogP contribution >= 0.6 is 0 Å². The number of nitrogens with two attached hydrogens (primary N) is 1. The van der Waals surface area contributed by atoms with Gasteiger partial charge < -0.3 is 25.3 Å². The summed E-state index contributed by atoms with van der Waals surface area (Å²) in [5.74, 6) is 0.00518. The number of carbonyl (C=O) groups is 1. The number of rotatable bonds is 9. The number of hydrogen-bond donors (Lipinski definition) is 4. The third-order valence-electron chi connectivity index (χ3n) is 8.11. The van der Waals surface area contributed by atoms with E-state index in [0.717, 1.165) is 34.7 Å². The number of ether oxygens (including phenoxy) is 1. The number of amidine groups is 1. The number of sulfonamides is 1. The zero-order valence-corrected chi connectivity index (χ0v) is 25.3. The first-order chi connectivity index (χ1) is 21.0. The summed E-state index contributed by atoms with van der Waals surface area (Å²) >= 11 is 0. The van der Waals surface area contributed by atoms with E-state index in [2.05, 4.69) is 0 Å². The lowest BCUT2D eigenvalue weighted by Gasteiger charge is -2.37. The van der Waals surface area contributed by atoms with E-state index in [1.54, 1.807) is 54.5 Å². The molecule has 12 nitrogen and oxygen atoms in total. The van der Waals surface area contributed by atoms with Crippen LogP contribution in [0, 0.1) is 10.8 Å². The third-order valence-corrected chi connectivity index (χ3v) is 9.90. The van der Waals surface area contributed by atoms with E-state index >= 15 is 0 Å². The number of carboxylic acids is 1. The summed E-state index contributed by atoms with van der Waals surface area (Å²) in [5.41, 5.74) is 8.36. The van der Waals surface area contributed by atoms with Crippen LogP contribution in [0.5, 0.6) is 11.5 Å². The predicted molar refractivity (Wildman–Crippen MR) is 165 cm³/mol. The summed E-state index contributed by atoms with van der Waals surface area (Å²) in [6, 6.07) is 18.2. The van der Waals surface area contributed by atoms with Gasteiger partial charge in [-0.1, -0.05) is 10.7 Å². The van der Waals surface area contributed by atoms with Crippen molar-refractivity contribution in [1.29, 1.82) is 10.8 Å². The molecular formula is C31H37N6O6S+. The van der Waals surface area contributed by atoms with Crippen molar-refractivity contribution in [2.45, 2.75) is 37.1 Å². The molecule has 0 saturated carbocycles. The molecule has 0 aromatic heterocycles. The van der Waals surface area contributed by atoms with Crippen molar-refractivity contribution in [1.82, 2.24) is 4.90 Å². The Hall–Kier alpha value is -4.62. The largest absolute Gasteiger partial charge is 0.497 e. The Kier molecular flexibility index (Phi) is 8.79. The summed E-state index contributed by atoms with van der Waals surface area (Å²) < 4.78 is 33.7. The van der Waals surface area contributed by atoms with Crippen molar-refractivity contribution in [3.05, 3.63) is 83.4 Å². The van der Waals surface area contributed by atoms with Crippen LogP contribution in [0.25, 0.3) is 0 Å². The number of nitrogens with one attached hydrogen (secondary N) is 2. The van der Waals surface area contributed by atoms with Gasteiger partial charge in [0.25, 0.3) is 15.9 Å². The zero-order valence-electron chi connectivity index (χ0n) is 24.5. The highest BCUT2D eigenvalue weighted by atomic mass is 32.2. The topological polar surface area (TPSA) is 170 Å². The first-order valence-electron chi connectivity index (χ1n) is 14.4. The average molecular weight is 622 g/mol. The number of anilines is 1. The molecule has 2 heterocycles. The van der Waals surface area contributed by atoms with Crippen LogP contribution in [0.4, 0.5) is 5.69 Å². The Morgan fingerprint density at radius 3 is 2.25 bits per heavy atom. The Balaban J connectivity index is 1.41. The number of hydrogen-bond acceptors (Lipinski definition) is 7. The smallest absolute Gasteiger partial charge is 0.324 e. The fourth-order valence-electron chi connectivity index (χ4n) is 5.71. The SMILES string of the molecule is COc1ccc(C(=N)[N+]2(Oc3ccc(S(=O)(=O)N(CC(=O)O)c4ccc5c(c4)CN(C(=N)N)CC5)cc3)CCCCC2)cc1.